The van der Waals surface area contributed by atoms with Crippen molar-refractivity contribution in [2.45, 2.75) is 44.6 Å². The fraction of sp³-hybridized carbons (Fsp3) is 0.444. The number of ether oxygens (including phenoxy) is 2. The molecule has 0 unspecified atom stereocenters. The highest BCUT2D eigenvalue weighted by Gasteiger charge is 2.49. The Bertz CT molecular complexity index is 720. The lowest BCUT2D eigenvalue weighted by Crippen LogP contribution is -2.39. The normalized spacial score (nSPS) is 19.4. The Morgan fingerprint density at radius 1 is 1.29 bits per heavy atom. The van der Waals surface area contributed by atoms with Crippen molar-refractivity contribution in [2.75, 3.05) is 12.4 Å². The zero-order valence-corrected chi connectivity index (χ0v) is 14.5. The van der Waals surface area contributed by atoms with Gasteiger partial charge in [0.25, 0.3) is 5.91 Å². The minimum atomic E-state index is -0.764. The Labute approximate surface area is 146 Å². The Kier molecular flexibility index (Phi) is 4.54. The van der Waals surface area contributed by atoms with Gasteiger partial charge in [-0.05, 0) is 50.8 Å². The van der Waals surface area contributed by atoms with Crippen LogP contribution in [0.1, 0.15) is 39.0 Å². The van der Waals surface area contributed by atoms with Crippen LogP contribution >= 0.6 is 11.6 Å². The maximum Gasteiger partial charge on any atom is 0.335 e. The van der Waals surface area contributed by atoms with Crippen molar-refractivity contribution in [1.82, 2.24) is 0 Å². The summed E-state index contributed by atoms with van der Waals surface area (Å²) in [4.78, 5) is 24.9. The number of methoxy groups -OCH3 is 1. The van der Waals surface area contributed by atoms with Crippen molar-refractivity contribution in [3.63, 3.8) is 0 Å². The summed E-state index contributed by atoms with van der Waals surface area (Å²) in [6.07, 6.45) is 4.39. The maximum absolute atomic E-state index is 12.8. The first-order valence-electron chi connectivity index (χ1n) is 8.06. The molecule has 2 aliphatic rings. The van der Waals surface area contributed by atoms with Crippen LogP contribution in [0.3, 0.4) is 0 Å². The molecule has 1 aromatic carbocycles. The standard InChI is InChI=1S/C18H20ClNO4/c1-11-15(18(24-17(11)22)8-4-3-5-9-18)16(21)20-12-6-7-14(23-2)13(19)10-12/h6-7,10H,3-5,8-9H2,1-2H3,(H,20,21). The van der Waals surface area contributed by atoms with Gasteiger partial charge in [-0.25, -0.2) is 4.79 Å². The second kappa shape index (κ2) is 6.48. The number of esters is 1. The molecule has 0 bridgehead atoms. The van der Waals surface area contributed by atoms with Crippen LogP contribution in [-0.4, -0.2) is 24.6 Å². The molecule has 1 aliphatic carbocycles. The molecule has 0 atom stereocenters. The van der Waals surface area contributed by atoms with E-state index in [1.807, 2.05) is 0 Å². The van der Waals surface area contributed by atoms with E-state index in [1.165, 1.54) is 7.11 Å². The zero-order chi connectivity index (χ0) is 17.3. The molecule has 1 N–H and O–H groups in total. The number of carbonyl (C=O) groups excluding carboxylic acids is 2. The minimum Gasteiger partial charge on any atom is -0.495 e. The van der Waals surface area contributed by atoms with E-state index in [0.29, 0.717) is 40.4 Å². The van der Waals surface area contributed by atoms with Crippen LogP contribution in [0.25, 0.3) is 0 Å². The molecule has 1 amide bonds. The number of carbonyl (C=O) groups is 2. The fourth-order valence-electron chi connectivity index (χ4n) is 3.54. The largest absolute Gasteiger partial charge is 0.495 e. The quantitative estimate of drug-likeness (QED) is 0.841. The minimum absolute atomic E-state index is 0.304. The molecular formula is C18H20ClNO4. The highest BCUT2D eigenvalue weighted by Crippen LogP contribution is 2.44. The van der Waals surface area contributed by atoms with Gasteiger partial charge in [-0.2, -0.15) is 0 Å². The van der Waals surface area contributed by atoms with E-state index in [1.54, 1.807) is 25.1 Å². The monoisotopic (exact) mass is 349 g/mol. The molecule has 1 fully saturated rings. The van der Waals surface area contributed by atoms with Crippen LogP contribution in [0.4, 0.5) is 5.69 Å². The van der Waals surface area contributed by atoms with Gasteiger partial charge in [0, 0.05) is 11.3 Å². The summed E-state index contributed by atoms with van der Waals surface area (Å²) in [5.74, 6) is -0.163. The third-order valence-electron chi connectivity index (χ3n) is 4.72. The number of rotatable bonds is 3. The number of halogens is 1. The summed E-state index contributed by atoms with van der Waals surface area (Å²) < 4.78 is 10.7. The second-order valence-electron chi connectivity index (χ2n) is 6.25. The zero-order valence-electron chi connectivity index (χ0n) is 13.8. The Hall–Kier alpha value is -2.01. The van der Waals surface area contributed by atoms with Crippen molar-refractivity contribution in [2.24, 2.45) is 0 Å². The molecule has 1 saturated carbocycles. The molecule has 1 aromatic rings. The summed E-state index contributed by atoms with van der Waals surface area (Å²) in [6.45, 7) is 1.65. The molecule has 24 heavy (non-hydrogen) atoms. The van der Waals surface area contributed by atoms with Crippen molar-refractivity contribution < 1.29 is 19.1 Å². The van der Waals surface area contributed by atoms with E-state index >= 15 is 0 Å². The molecular weight excluding hydrogens is 330 g/mol. The van der Waals surface area contributed by atoms with E-state index in [4.69, 9.17) is 21.1 Å². The molecule has 1 heterocycles. The molecule has 6 heteroatoms. The van der Waals surface area contributed by atoms with Gasteiger partial charge in [-0.3, -0.25) is 4.79 Å². The molecule has 0 saturated heterocycles. The first kappa shape index (κ1) is 16.8. The van der Waals surface area contributed by atoms with Gasteiger partial charge in [0.2, 0.25) is 0 Å². The van der Waals surface area contributed by atoms with E-state index in [9.17, 15) is 9.59 Å². The van der Waals surface area contributed by atoms with E-state index in [2.05, 4.69) is 5.32 Å². The molecule has 3 rings (SSSR count). The third kappa shape index (κ3) is 2.88. The Morgan fingerprint density at radius 3 is 2.62 bits per heavy atom. The first-order chi connectivity index (χ1) is 11.5. The topological polar surface area (TPSA) is 64.6 Å². The molecule has 0 radical (unpaired) electrons. The first-order valence-corrected chi connectivity index (χ1v) is 8.44. The average Bonchev–Trinajstić information content (AvgIpc) is 2.78. The summed E-state index contributed by atoms with van der Waals surface area (Å²) >= 11 is 6.10. The number of amides is 1. The second-order valence-corrected chi connectivity index (χ2v) is 6.66. The van der Waals surface area contributed by atoms with E-state index in [0.717, 1.165) is 19.3 Å². The third-order valence-corrected chi connectivity index (χ3v) is 5.02. The predicted molar refractivity (Wildman–Crippen MR) is 91.2 cm³/mol. The van der Waals surface area contributed by atoms with E-state index in [-0.39, 0.29) is 5.91 Å². The number of benzene rings is 1. The van der Waals surface area contributed by atoms with Crippen LogP contribution in [0.2, 0.25) is 5.02 Å². The van der Waals surface area contributed by atoms with Crippen molar-refractivity contribution >= 4 is 29.2 Å². The van der Waals surface area contributed by atoms with Crippen LogP contribution in [0, 0.1) is 0 Å². The van der Waals surface area contributed by atoms with Gasteiger partial charge in [0.05, 0.1) is 17.7 Å². The highest BCUT2D eigenvalue weighted by atomic mass is 35.5. The number of hydrogen-bond acceptors (Lipinski definition) is 4. The summed E-state index contributed by atoms with van der Waals surface area (Å²) in [6, 6.07) is 5.02. The lowest BCUT2D eigenvalue weighted by Gasteiger charge is -2.34. The number of nitrogens with one attached hydrogen (secondary N) is 1. The SMILES string of the molecule is COc1ccc(NC(=O)C2=C(C)C(=O)OC23CCCCC3)cc1Cl. The Balaban J connectivity index is 1.87. The summed E-state index contributed by atoms with van der Waals surface area (Å²) in [7, 11) is 1.53. The van der Waals surface area contributed by atoms with Crippen molar-refractivity contribution in [3.05, 3.63) is 34.4 Å². The molecule has 5 nitrogen and oxygen atoms in total. The lowest BCUT2D eigenvalue weighted by atomic mass is 9.78. The van der Waals surface area contributed by atoms with Gasteiger partial charge in [-0.1, -0.05) is 18.0 Å². The number of anilines is 1. The van der Waals surface area contributed by atoms with Gasteiger partial charge < -0.3 is 14.8 Å². The smallest absolute Gasteiger partial charge is 0.335 e. The van der Waals surface area contributed by atoms with Crippen LogP contribution in [-0.2, 0) is 14.3 Å². The summed E-state index contributed by atoms with van der Waals surface area (Å²) in [5, 5.41) is 3.24. The average molecular weight is 350 g/mol. The molecule has 0 aromatic heterocycles. The van der Waals surface area contributed by atoms with Crippen LogP contribution < -0.4 is 10.1 Å². The van der Waals surface area contributed by atoms with Crippen molar-refractivity contribution in [1.29, 1.82) is 0 Å². The maximum atomic E-state index is 12.8. The number of hydrogen-bond donors (Lipinski definition) is 1. The summed E-state index contributed by atoms with van der Waals surface area (Å²) in [5.41, 5.74) is 0.643. The fourth-order valence-corrected chi connectivity index (χ4v) is 3.80. The van der Waals surface area contributed by atoms with Crippen LogP contribution in [0.5, 0.6) is 5.75 Å². The predicted octanol–water partition coefficient (Wildman–Crippen LogP) is 3.86. The van der Waals surface area contributed by atoms with E-state index < -0.39 is 11.6 Å². The van der Waals surface area contributed by atoms with Gasteiger partial charge in [0.15, 0.2) is 0 Å². The van der Waals surface area contributed by atoms with Gasteiger partial charge in [-0.15, -0.1) is 0 Å². The lowest BCUT2D eigenvalue weighted by molar-refractivity contribution is -0.149. The molecule has 1 spiro atoms. The Morgan fingerprint density at radius 2 is 2.00 bits per heavy atom. The van der Waals surface area contributed by atoms with Crippen LogP contribution in [0.15, 0.2) is 29.3 Å². The van der Waals surface area contributed by atoms with Crippen molar-refractivity contribution in [3.8, 4) is 5.75 Å². The highest BCUT2D eigenvalue weighted by molar-refractivity contribution is 6.32. The van der Waals surface area contributed by atoms with Gasteiger partial charge in [0.1, 0.15) is 11.4 Å². The molecule has 1 aliphatic heterocycles. The molecule has 128 valence electrons. The van der Waals surface area contributed by atoms with Gasteiger partial charge >= 0.3 is 5.97 Å².